The van der Waals surface area contributed by atoms with E-state index in [2.05, 4.69) is 5.32 Å². The first kappa shape index (κ1) is 16.5. The predicted molar refractivity (Wildman–Crippen MR) is 81.2 cm³/mol. The Balaban J connectivity index is 2.70. The van der Waals surface area contributed by atoms with E-state index in [-0.39, 0.29) is 12.0 Å². The first-order valence-corrected chi connectivity index (χ1v) is 7.04. The molecule has 20 heavy (non-hydrogen) atoms. The Morgan fingerprint density at radius 3 is 2.35 bits per heavy atom. The highest BCUT2D eigenvalue weighted by Gasteiger charge is 2.31. The first-order chi connectivity index (χ1) is 9.41. The summed E-state index contributed by atoms with van der Waals surface area (Å²) >= 11 is 0. The predicted octanol–water partition coefficient (Wildman–Crippen LogP) is 3.62. The van der Waals surface area contributed by atoms with Crippen LogP contribution >= 0.6 is 0 Å². The molecule has 0 fully saturated rings. The van der Waals surface area contributed by atoms with Crippen LogP contribution in [0.2, 0.25) is 0 Å². The van der Waals surface area contributed by atoms with Crippen molar-refractivity contribution in [2.45, 2.75) is 52.2 Å². The second-order valence-corrected chi connectivity index (χ2v) is 5.33. The van der Waals surface area contributed by atoms with Crippen molar-refractivity contribution in [2.75, 3.05) is 12.4 Å². The van der Waals surface area contributed by atoms with Gasteiger partial charge in [-0.2, -0.15) is 0 Å². The van der Waals surface area contributed by atoms with Crippen LogP contribution in [-0.4, -0.2) is 24.7 Å². The lowest BCUT2D eigenvalue weighted by molar-refractivity contribution is -0.136. The van der Waals surface area contributed by atoms with Crippen molar-refractivity contribution in [3.05, 3.63) is 24.3 Å². The third-order valence-electron chi connectivity index (χ3n) is 3.14. The van der Waals surface area contributed by atoms with E-state index in [1.807, 2.05) is 52.0 Å². The summed E-state index contributed by atoms with van der Waals surface area (Å²) in [5.74, 6) is 0.667. The first-order valence-electron chi connectivity index (χ1n) is 7.04. The van der Waals surface area contributed by atoms with Gasteiger partial charge in [0.1, 0.15) is 11.4 Å². The lowest BCUT2D eigenvalue weighted by Gasteiger charge is -2.26. The van der Waals surface area contributed by atoms with Crippen LogP contribution in [0.4, 0.5) is 5.69 Å². The second kappa shape index (κ2) is 7.29. The van der Waals surface area contributed by atoms with Crippen molar-refractivity contribution < 1.29 is 14.3 Å². The Morgan fingerprint density at radius 1 is 1.30 bits per heavy atom. The summed E-state index contributed by atoms with van der Waals surface area (Å²) in [6.07, 6.45) is 1.71. The van der Waals surface area contributed by atoms with Gasteiger partial charge in [-0.3, -0.25) is 4.79 Å². The number of anilines is 1. The molecule has 1 atom stereocenters. The van der Waals surface area contributed by atoms with Crippen LogP contribution in [0.25, 0.3) is 0 Å². The maximum absolute atomic E-state index is 12.3. The molecule has 112 valence electrons. The van der Waals surface area contributed by atoms with E-state index < -0.39 is 5.60 Å². The lowest BCUT2D eigenvalue weighted by atomic mass is 9.99. The van der Waals surface area contributed by atoms with Crippen LogP contribution in [0.5, 0.6) is 5.75 Å². The van der Waals surface area contributed by atoms with Crippen molar-refractivity contribution in [3.8, 4) is 5.75 Å². The van der Waals surface area contributed by atoms with Gasteiger partial charge in [-0.05, 0) is 51.5 Å². The average Bonchev–Trinajstić information content (AvgIpc) is 2.40. The summed E-state index contributed by atoms with van der Waals surface area (Å²) in [7, 11) is 1.56. The zero-order chi connectivity index (χ0) is 15.2. The van der Waals surface area contributed by atoms with Crippen LogP contribution in [-0.2, 0) is 9.53 Å². The Morgan fingerprint density at radius 2 is 1.90 bits per heavy atom. The van der Waals surface area contributed by atoms with Gasteiger partial charge in [0.05, 0.1) is 6.10 Å². The van der Waals surface area contributed by atoms with E-state index in [0.29, 0.717) is 6.42 Å². The number of rotatable bonds is 7. The van der Waals surface area contributed by atoms with Crippen LogP contribution in [0.1, 0.15) is 40.5 Å². The third-order valence-corrected chi connectivity index (χ3v) is 3.14. The molecule has 1 aromatic rings. The minimum absolute atomic E-state index is 0.126. The molecule has 0 aliphatic carbocycles. The highest BCUT2D eigenvalue weighted by molar-refractivity contribution is 5.97. The van der Waals surface area contributed by atoms with Crippen LogP contribution < -0.4 is 10.1 Å². The van der Waals surface area contributed by atoms with E-state index in [9.17, 15) is 4.79 Å². The average molecular weight is 279 g/mol. The minimum atomic E-state index is -0.790. The Bertz CT molecular complexity index is 428. The Kier molecular flexibility index (Phi) is 6.02. The second-order valence-electron chi connectivity index (χ2n) is 5.33. The SMILES string of the molecule is CCCC(C)(OC)C(=O)Nc1ccc(OC(C)C)cc1. The fourth-order valence-electron chi connectivity index (χ4n) is 1.94. The molecular weight excluding hydrogens is 254 g/mol. The molecule has 0 spiro atoms. The molecule has 0 heterocycles. The van der Waals surface area contributed by atoms with Crippen LogP contribution in [0, 0.1) is 0 Å². The summed E-state index contributed by atoms with van der Waals surface area (Å²) in [4.78, 5) is 12.3. The lowest BCUT2D eigenvalue weighted by Crippen LogP contribution is -2.41. The van der Waals surface area contributed by atoms with Crippen LogP contribution in [0.15, 0.2) is 24.3 Å². The van der Waals surface area contributed by atoms with E-state index in [4.69, 9.17) is 9.47 Å². The minimum Gasteiger partial charge on any atom is -0.491 e. The topological polar surface area (TPSA) is 47.6 Å². The maximum atomic E-state index is 12.3. The number of carbonyl (C=O) groups is 1. The van der Waals surface area contributed by atoms with Crippen molar-refractivity contribution in [2.24, 2.45) is 0 Å². The number of nitrogens with one attached hydrogen (secondary N) is 1. The van der Waals surface area contributed by atoms with E-state index in [1.54, 1.807) is 7.11 Å². The fourth-order valence-corrected chi connectivity index (χ4v) is 1.94. The van der Waals surface area contributed by atoms with Crippen molar-refractivity contribution in [1.82, 2.24) is 0 Å². The molecule has 0 aliphatic rings. The Hall–Kier alpha value is -1.55. The molecule has 1 N–H and O–H groups in total. The van der Waals surface area contributed by atoms with Gasteiger partial charge < -0.3 is 14.8 Å². The Labute approximate surface area is 121 Å². The molecular formula is C16H25NO3. The summed E-state index contributed by atoms with van der Waals surface area (Å²) in [5.41, 5.74) is -0.0486. The fraction of sp³-hybridized carbons (Fsp3) is 0.562. The van der Waals surface area contributed by atoms with Gasteiger partial charge in [-0.1, -0.05) is 13.3 Å². The van der Waals surface area contributed by atoms with Gasteiger partial charge >= 0.3 is 0 Å². The zero-order valence-electron chi connectivity index (χ0n) is 13.0. The molecule has 1 amide bonds. The molecule has 0 aromatic heterocycles. The van der Waals surface area contributed by atoms with E-state index in [1.165, 1.54) is 0 Å². The maximum Gasteiger partial charge on any atom is 0.256 e. The number of benzene rings is 1. The van der Waals surface area contributed by atoms with Gasteiger partial charge in [0.25, 0.3) is 5.91 Å². The standard InChI is InChI=1S/C16H25NO3/c1-6-11-16(4,19-5)15(18)17-13-7-9-14(10-8-13)20-12(2)3/h7-10,12H,6,11H2,1-5H3,(H,17,18). The van der Waals surface area contributed by atoms with Gasteiger partial charge in [0, 0.05) is 12.8 Å². The summed E-state index contributed by atoms with van der Waals surface area (Å²) in [6, 6.07) is 7.36. The molecule has 0 aliphatic heterocycles. The summed E-state index contributed by atoms with van der Waals surface area (Å²) < 4.78 is 10.9. The highest BCUT2D eigenvalue weighted by atomic mass is 16.5. The number of amides is 1. The van der Waals surface area contributed by atoms with E-state index >= 15 is 0 Å². The third kappa shape index (κ3) is 4.53. The largest absolute Gasteiger partial charge is 0.491 e. The smallest absolute Gasteiger partial charge is 0.256 e. The van der Waals surface area contributed by atoms with Crippen molar-refractivity contribution in [1.29, 1.82) is 0 Å². The van der Waals surface area contributed by atoms with Crippen molar-refractivity contribution >= 4 is 11.6 Å². The molecule has 4 heteroatoms. The monoisotopic (exact) mass is 279 g/mol. The summed E-state index contributed by atoms with van der Waals surface area (Å²) in [5, 5.41) is 2.88. The number of methoxy groups -OCH3 is 1. The molecule has 0 radical (unpaired) electrons. The van der Waals surface area contributed by atoms with E-state index in [0.717, 1.165) is 17.9 Å². The number of hydrogen-bond donors (Lipinski definition) is 1. The van der Waals surface area contributed by atoms with Crippen LogP contribution in [0.3, 0.4) is 0 Å². The molecule has 0 saturated heterocycles. The van der Waals surface area contributed by atoms with Gasteiger partial charge in [0.15, 0.2) is 0 Å². The van der Waals surface area contributed by atoms with Gasteiger partial charge in [0.2, 0.25) is 0 Å². The van der Waals surface area contributed by atoms with Crippen molar-refractivity contribution in [3.63, 3.8) is 0 Å². The highest BCUT2D eigenvalue weighted by Crippen LogP contribution is 2.21. The summed E-state index contributed by atoms with van der Waals surface area (Å²) in [6.45, 7) is 7.79. The molecule has 1 rings (SSSR count). The number of ether oxygens (including phenoxy) is 2. The molecule has 1 unspecified atom stereocenters. The molecule has 0 saturated carbocycles. The van der Waals surface area contributed by atoms with Gasteiger partial charge in [-0.15, -0.1) is 0 Å². The normalized spacial score (nSPS) is 13.9. The number of carbonyl (C=O) groups excluding carboxylic acids is 1. The zero-order valence-corrected chi connectivity index (χ0v) is 13.0. The molecule has 1 aromatic carbocycles. The quantitative estimate of drug-likeness (QED) is 0.829. The molecule has 4 nitrogen and oxygen atoms in total. The number of hydrogen-bond acceptors (Lipinski definition) is 3. The van der Waals surface area contributed by atoms with Gasteiger partial charge in [-0.25, -0.2) is 0 Å². The molecule has 0 bridgehead atoms.